The molecule has 0 bridgehead atoms. The first-order valence-corrected chi connectivity index (χ1v) is 9.91. The summed E-state index contributed by atoms with van der Waals surface area (Å²) in [6.45, 7) is 9.88. The van der Waals surface area contributed by atoms with Gasteiger partial charge < -0.3 is 20.1 Å². The zero-order chi connectivity index (χ0) is 18.4. The molecule has 0 amide bonds. The number of nitrogens with zero attached hydrogens (tertiary/aromatic N) is 1. The molecular formula is C19H37N3O3. The molecular weight excluding hydrogens is 318 g/mol. The summed E-state index contributed by atoms with van der Waals surface area (Å²) in [6.07, 6.45) is 8.20. The average Bonchev–Trinajstić information content (AvgIpc) is 3.02. The van der Waals surface area contributed by atoms with Crippen molar-refractivity contribution in [2.75, 3.05) is 32.8 Å². The molecule has 146 valence electrons. The van der Waals surface area contributed by atoms with Crippen molar-refractivity contribution in [1.29, 1.82) is 0 Å². The zero-order valence-electron chi connectivity index (χ0n) is 16.4. The average molecular weight is 356 g/mol. The Morgan fingerprint density at radius 1 is 1.16 bits per heavy atom. The molecule has 0 aliphatic carbocycles. The van der Waals surface area contributed by atoms with Crippen molar-refractivity contribution in [2.45, 2.75) is 77.7 Å². The van der Waals surface area contributed by atoms with Gasteiger partial charge in [-0.2, -0.15) is 0 Å². The van der Waals surface area contributed by atoms with Gasteiger partial charge in [-0.1, -0.05) is 19.3 Å². The van der Waals surface area contributed by atoms with E-state index < -0.39 is 0 Å². The fraction of sp³-hybridized carbons (Fsp3) is 0.895. The lowest BCUT2D eigenvalue weighted by Gasteiger charge is -2.21. The van der Waals surface area contributed by atoms with Gasteiger partial charge in [0.1, 0.15) is 0 Å². The van der Waals surface area contributed by atoms with Gasteiger partial charge in [0.25, 0.3) is 0 Å². The van der Waals surface area contributed by atoms with Crippen LogP contribution in [0.3, 0.4) is 0 Å². The Kier molecular flexibility index (Phi) is 11.3. The van der Waals surface area contributed by atoms with Gasteiger partial charge in [-0.3, -0.25) is 9.79 Å². The molecule has 1 saturated heterocycles. The minimum atomic E-state index is -0.0960. The Hall–Kier alpha value is -1.30. The number of ether oxygens (including phenoxy) is 2. The van der Waals surface area contributed by atoms with E-state index in [0.29, 0.717) is 19.6 Å². The summed E-state index contributed by atoms with van der Waals surface area (Å²) in [4.78, 5) is 15.9. The van der Waals surface area contributed by atoms with E-state index in [1.165, 1.54) is 0 Å². The first-order chi connectivity index (χ1) is 12.1. The number of aliphatic imine (C=N–C) groups is 1. The second-order valence-corrected chi connectivity index (χ2v) is 6.85. The van der Waals surface area contributed by atoms with Crippen LogP contribution in [-0.4, -0.2) is 50.4 Å². The van der Waals surface area contributed by atoms with Gasteiger partial charge in [-0.15, -0.1) is 0 Å². The fourth-order valence-electron chi connectivity index (χ4n) is 2.91. The van der Waals surface area contributed by atoms with Gasteiger partial charge in [-0.25, -0.2) is 0 Å². The van der Waals surface area contributed by atoms with Gasteiger partial charge in [0.15, 0.2) is 5.96 Å². The highest BCUT2D eigenvalue weighted by molar-refractivity contribution is 5.79. The number of esters is 1. The molecule has 0 aromatic rings. The lowest BCUT2D eigenvalue weighted by atomic mass is 10.0. The Morgan fingerprint density at radius 2 is 1.92 bits per heavy atom. The largest absolute Gasteiger partial charge is 0.466 e. The minimum Gasteiger partial charge on any atom is -0.466 e. The third kappa shape index (κ3) is 10.3. The van der Waals surface area contributed by atoms with E-state index in [-0.39, 0.29) is 11.6 Å². The van der Waals surface area contributed by atoms with Crippen molar-refractivity contribution < 1.29 is 14.3 Å². The van der Waals surface area contributed by atoms with Crippen LogP contribution >= 0.6 is 0 Å². The molecule has 0 radical (unpaired) electrons. The lowest BCUT2D eigenvalue weighted by molar-refractivity contribution is -0.143. The molecule has 0 aromatic heterocycles. The van der Waals surface area contributed by atoms with Crippen molar-refractivity contribution in [1.82, 2.24) is 10.6 Å². The van der Waals surface area contributed by atoms with E-state index in [0.717, 1.165) is 70.6 Å². The highest BCUT2D eigenvalue weighted by Crippen LogP contribution is 2.24. The molecule has 0 spiro atoms. The highest BCUT2D eigenvalue weighted by Gasteiger charge is 2.29. The van der Waals surface area contributed by atoms with Gasteiger partial charge in [-0.05, 0) is 46.5 Å². The molecule has 1 unspecified atom stereocenters. The maximum Gasteiger partial charge on any atom is 0.305 e. The molecule has 1 rings (SSSR count). The normalized spacial score (nSPS) is 20.5. The summed E-state index contributed by atoms with van der Waals surface area (Å²) in [6, 6.07) is 0. The monoisotopic (exact) mass is 355 g/mol. The van der Waals surface area contributed by atoms with E-state index in [1.54, 1.807) is 0 Å². The standard InChI is InChI=1S/C19H37N3O3/c1-4-20-18(22-16-19(3)13-11-15-25-19)21-14-10-8-6-7-9-12-17(23)24-5-2/h4-16H2,1-3H3,(H2,20,21,22). The zero-order valence-corrected chi connectivity index (χ0v) is 16.4. The highest BCUT2D eigenvalue weighted by atomic mass is 16.5. The second kappa shape index (κ2) is 13.0. The first kappa shape index (κ1) is 21.7. The fourth-order valence-corrected chi connectivity index (χ4v) is 2.91. The summed E-state index contributed by atoms with van der Waals surface area (Å²) in [7, 11) is 0. The van der Waals surface area contributed by atoms with Crippen LogP contribution in [0.25, 0.3) is 0 Å². The molecule has 1 aliphatic heterocycles. The van der Waals surface area contributed by atoms with E-state index in [2.05, 4.69) is 29.5 Å². The number of carbonyl (C=O) groups excluding carboxylic acids is 1. The molecule has 2 N–H and O–H groups in total. The number of carbonyl (C=O) groups is 1. The maximum atomic E-state index is 11.2. The second-order valence-electron chi connectivity index (χ2n) is 6.85. The number of nitrogens with one attached hydrogen (secondary N) is 2. The Labute approximate surface area is 153 Å². The number of guanidine groups is 1. The quantitative estimate of drug-likeness (QED) is 0.244. The van der Waals surface area contributed by atoms with Crippen LogP contribution in [0.15, 0.2) is 4.99 Å². The van der Waals surface area contributed by atoms with E-state index >= 15 is 0 Å². The minimum absolute atomic E-state index is 0.0735. The van der Waals surface area contributed by atoms with Gasteiger partial charge in [0.2, 0.25) is 0 Å². The van der Waals surface area contributed by atoms with Crippen LogP contribution in [0, 0.1) is 0 Å². The SMILES string of the molecule is CCNC(=NCC1(C)CCCO1)NCCCCCCCC(=O)OCC. The predicted octanol–water partition coefficient (Wildman–Crippen LogP) is 3.01. The van der Waals surface area contributed by atoms with Crippen molar-refractivity contribution >= 4 is 11.9 Å². The van der Waals surface area contributed by atoms with E-state index in [9.17, 15) is 4.79 Å². The molecule has 1 heterocycles. The Bertz CT molecular complexity index is 393. The van der Waals surface area contributed by atoms with Crippen LogP contribution in [0.5, 0.6) is 0 Å². The van der Waals surface area contributed by atoms with Crippen LogP contribution in [0.1, 0.15) is 72.1 Å². The van der Waals surface area contributed by atoms with Crippen molar-refractivity contribution in [3.63, 3.8) is 0 Å². The smallest absolute Gasteiger partial charge is 0.305 e. The van der Waals surface area contributed by atoms with Crippen molar-refractivity contribution in [3.8, 4) is 0 Å². The summed E-state index contributed by atoms with van der Waals surface area (Å²) in [5.74, 6) is 0.803. The summed E-state index contributed by atoms with van der Waals surface area (Å²) < 4.78 is 10.7. The molecule has 1 aliphatic rings. The van der Waals surface area contributed by atoms with Crippen LogP contribution in [0.4, 0.5) is 0 Å². The Morgan fingerprint density at radius 3 is 2.60 bits per heavy atom. The third-order valence-corrected chi connectivity index (χ3v) is 4.37. The molecule has 0 saturated carbocycles. The molecule has 25 heavy (non-hydrogen) atoms. The summed E-state index contributed by atoms with van der Waals surface area (Å²) in [5.41, 5.74) is -0.0960. The van der Waals surface area contributed by atoms with Crippen LogP contribution in [-0.2, 0) is 14.3 Å². The van der Waals surface area contributed by atoms with Gasteiger partial charge >= 0.3 is 5.97 Å². The van der Waals surface area contributed by atoms with Gasteiger partial charge in [0.05, 0.1) is 18.8 Å². The molecule has 1 atom stereocenters. The molecule has 1 fully saturated rings. The van der Waals surface area contributed by atoms with Crippen molar-refractivity contribution in [2.24, 2.45) is 4.99 Å². The van der Waals surface area contributed by atoms with Crippen molar-refractivity contribution in [3.05, 3.63) is 0 Å². The summed E-state index contributed by atoms with van der Waals surface area (Å²) in [5, 5.41) is 6.69. The molecule has 6 heteroatoms. The predicted molar refractivity (Wildman–Crippen MR) is 102 cm³/mol. The van der Waals surface area contributed by atoms with Crippen LogP contribution < -0.4 is 10.6 Å². The number of unbranched alkanes of at least 4 members (excludes halogenated alkanes) is 4. The topological polar surface area (TPSA) is 72.0 Å². The third-order valence-electron chi connectivity index (χ3n) is 4.37. The van der Waals surface area contributed by atoms with Gasteiger partial charge in [0, 0.05) is 26.1 Å². The number of rotatable bonds is 12. The Balaban J connectivity index is 2.09. The van der Waals surface area contributed by atoms with E-state index in [4.69, 9.17) is 9.47 Å². The van der Waals surface area contributed by atoms with Crippen LogP contribution in [0.2, 0.25) is 0 Å². The number of hydrogen-bond acceptors (Lipinski definition) is 4. The summed E-state index contributed by atoms with van der Waals surface area (Å²) >= 11 is 0. The lowest BCUT2D eigenvalue weighted by Crippen LogP contribution is -2.39. The number of hydrogen-bond donors (Lipinski definition) is 2. The molecule has 6 nitrogen and oxygen atoms in total. The van der Waals surface area contributed by atoms with E-state index in [1.807, 2.05) is 6.92 Å². The first-order valence-electron chi connectivity index (χ1n) is 9.91. The molecule has 0 aromatic carbocycles. The maximum absolute atomic E-state index is 11.2.